The zero-order chi connectivity index (χ0) is 47.7. The predicted molar refractivity (Wildman–Crippen MR) is 244 cm³/mol. The van der Waals surface area contributed by atoms with E-state index < -0.39 is 95.3 Å². The molecular formula is C49H58N8O9. The average Bonchev–Trinajstić information content (AvgIpc) is 3.74. The normalized spacial score (nSPS) is 17.5. The summed E-state index contributed by atoms with van der Waals surface area (Å²) in [5.41, 5.74) is 2.48. The van der Waals surface area contributed by atoms with Crippen LogP contribution in [0.2, 0.25) is 0 Å². The smallest absolute Gasteiger partial charge is 0.410 e. The Kier molecular flexibility index (Phi) is 16.0. The molecule has 348 valence electrons. The quantitative estimate of drug-likeness (QED) is 0.0878. The van der Waals surface area contributed by atoms with Crippen molar-refractivity contribution < 1.29 is 43.1 Å². The van der Waals surface area contributed by atoms with Crippen LogP contribution in [0.25, 0.3) is 10.8 Å². The van der Waals surface area contributed by atoms with Gasteiger partial charge in [-0.15, -0.1) is 0 Å². The molecule has 2 aliphatic heterocycles. The van der Waals surface area contributed by atoms with Crippen molar-refractivity contribution >= 4 is 58.0 Å². The van der Waals surface area contributed by atoms with Crippen LogP contribution in [0.5, 0.6) is 0 Å². The lowest BCUT2D eigenvalue weighted by molar-refractivity contribution is -0.144. The minimum absolute atomic E-state index is 0.00559. The first-order valence-corrected chi connectivity index (χ1v) is 22.4. The van der Waals surface area contributed by atoms with Crippen LogP contribution in [0.4, 0.5) is 4.79 Å². The molecule has 0 bridgehead atoms. The minimum atomic E-state index is -1.33. The van der Waals surface area contributed by atoms with Crippen molar-refractivity contribution in [3.8, 4) is 0 Å². The van der Waals surface area contributed by atoms with Gasteiger partial charge in [0.15, 0.2) is 5.78 Å². The molecule has 3 aromatic carbocycles. The van der Waals surface area contributed by atoms with E-state index in [0.717, 1.165) is 16.5 Å². The largest absolute Gasteiger partial charge is 0.444 e. The summed E-state index contributed by atoms with van der Waals surface area (Å²) in [5, 5.41) is 12.2. The molecule has 2 aliphatic rings. The van der Waals surface area contributed by atoms with Crippen LogP contribution in [0.1, 0.15) is 92.8 Å². The number of aromatic nitrogens is 2. The summed E-state index contributed by atoms with van der Waals surface area (Å²) in [6.07, 6.45) is 3.34. The molecule has 6 atom stereocenters. The van der Waals surface area contributed by atoms with Gasteiger partial charge in [-0.3, -0.25) is 38.5 Å². The lowest BCUT2D eigenvalue weighted by Crippen LogP contribution is -2.60. The number of nitrogens with one attached hydrogen (secondary N) is 4. The van der Waals surface area contributed by atoms with E-state index in [-0.39, 0.29) is 25.1 Å². The van der Waals surface area contributed by atoms with Gasteiger partial charge in [0.05, 0.1) is 24.8 Å². The van der Waals surface area contributed by atoms with Crippen LogP contribution < -0.4 is 21.3 Å². The molecule has 6 rings (SSSR count). The van der Waals surface area contributed by atoms with Crippen LogP contribution in [0.15, 0.2) is 85.3 Å². The minimum Gasteiger partial charge on any atom is -0.444 e. The maximum Gasteiger partial charge on any atom is 0.410 e. The summed E-state index contributed by atoms with van der Waals surface area (Å²) in [4.78, 5) is 121. The van der Waals surface area contributed by atoms with Crippen molar-refractivity contribution in [3.63, 3.8) is 0 Å². The van der Waals surface area contributed by atoms with Crippen LogP contribution in [0, 0.1) is 11.8 Å². The Morgan fingerprint density at radius 3 is 2.18 bits per heavy atom. The molecular weight excluding hydrogens is 845 g/mol. The monoisotopic (exact) mass is 902 g/mol. The number of ether oxygens (including phenoxy) is 1. The summed E-state index contributed by atoms with van der Waals surface area (Å²) in [6.45, 7) is 10.6. The molecule has 0 spiro atoms. The number of fused-ring (bicyclic) bond motifs is 2. The number of carbonyl (C=O) groups is 8. The van der Waals surface area contributed by atoms with E-state index in [1.54, 1.807) is 63.8 Å². The second-order valence-corrected chi connectivity index (χ2v) is 17.5. The van der Waals surface area contributed by atoms with Crippen LogP contribution >= 0.6 is 0 Å². The Morgan fingerprint density at radius 1 is 0.788 bits per heavy atom. The number of carbonyl (C=O) groups excluding carboxylic acids is 8. The van der Waals surface area contributed by atoms with Crippen molar-refractivity contribution in [2.75, 3.05) is 13.1 Å². The third-order valence-electron chi connectivity index (χ3n) is 12.0. The van der Waals surface area contributed by atoms with Crippen molar-refractivity contribution in [3.05, 3.63) is 108 Å². The Labute approximate surface area is 383 Å². The van der Waals surface area contributed by atoms with Gasteiger partial charge in [0.1, 0.15) is 29.9 Å². The second kappa shape index (κ2) is 21.8. The fraction of sp³-hybridized carbons (Fsp3) is 0.429. The maximum absolute atomic E-state index is 14.7. The van der Waals surface area contributed by atoms with Gasteiger partial charge in [0, 0.05) is 37.5 Å². The zero-order valence-corrected chi connectivity index (χ0v) is 38.1. The fourth-order valence-corrected chi connectivity index (χ4v) is 8.34. The number of hydrogen-bond donors (Lipinski definition) is 4. The Hall–Kier alpha value is -7.04. The summed E-state index contributed by atoms with van der Waals surface area (Å²) >= 11 is 0. The lowest BCUT2D eigenvalue weighted by atomic mass is 9.98. The predicted octanol–water partition coefficient (Wildman–Crippen LogP) is 3.93. The number of nitrogens with zero attached hydrogens (tertiary/aromatic N) is 4. The summed E-state index contributed by atoms with van der Waals surface area (Å²) in [6, 6.07) is 14.3. The molecule has 0 radical (unpaired) electrons. The first-order valence-electron chi connectivity index (χ1n) is 22.4. The van der Waals surface area contributed by atoms with Crippen LogP contribution in [-0.4, -0.2) is 116 Å². The number of hydrogen-bond acceptors (Lipinski definition) is 11. The van der Waals surface area contributed by atoms with E-state index in [4.69, 9.17) is 4.74 Å². The summed E-state index contributed by atoms with van der Waals surface area (Å²) < 4.78 is 5.98. The van der Waals surface area contributed by atoms with E-state index >= 15 is 0 Å². The number of benzene rings is 3. The van der Waals surface area contributed by atoms with Gasteiger partial charge in [0.25, 0.3) is 11.8 Å². The molecule has 6 amide bonds. The van der Waals surface area contributed by atoms with Gasteiger partial charge in [-0.05, 0) is 53.5 Å². The summed E-state index contributed by atoms with van der Waals surface area (Å²) in [5.74, 6) is -6.15. The molecule has 1 aromatic heterocycles. The van der Waals surface area contributed by atoms with Crippen molar-refractivity contribution in [2.24, 2.45) is 11.8 Å². The average molecular weight is 903 g/mol. The third-order valence-corrected chi connectivity index (χ3v) is 12.0. The molecule has 17 heteroatoms. The highest BCUT2D eigenvalue weighted by atomic mass is 16.6. The van der Waals surface area contributed by atoms with Crippen LogP contribution in [0.3, 0.4) is 0 Å². The highest BCUT2D eigenvalue weighted by molar-refractivity contribution is 6.39. The van der Waals surface area contributed by atoms with Gasteiger partial charge in [0.2, 0.25) is 23.5 Å². The molecule has 0 aliphatic carbocycles. The summed E-state index contributed by atoms with van der Waals surface area (Å²) in [7, 11) is 0. The first kappa shape index (κ1) is 48.4. The van der Waals surface area contributed by atoms with Gasteiger partial charge in [-0.25, -0.2) is 9.78 Å². The molecule has 4 aromatic rings. The number of likely N-dealkylation sites (tertiary alicyclic amines) is 1. The topological polar surface area (TPSA) is 226 Å². The fourth-order valence-electron chi connectivity index (χ4n) is 8.34. The molecule has 0 saturated carbocycles. The maximum atomic E-state index is 14.7. The van der Waals surface area contributed by atoms with Crippen LogP contribution in [-0.2, 0) is 41.7 Å². The molecule has 1 unspecified atom stereocenters. The molecule has 4 N–H and O–H groups in total. The van der Waals surface area contributed by atoms with Crippen molar-refractivity contribution in [1.82, 2.24) is 41.0 Å². The highest BCUT2D eigenvalue weighted by Crippen LogP contribution is 2.27. The molecule has 1 saturated heterocycles. The second-order valence-electron chi connectivity index (χ2n) is 17.5. The van der Waals surface area contributed by atoms with E-state index in [2.05, 4.69) is 31.2 Å². The van der Waals surface area contributed by atoms with E-state index in [0.29, 0.717) is 36.9 Å². The molecule has 66 heavy (non-hydrogen) atoms. The van der Waals surface area contributed by atoms with E-state index in [1.807, 2.05) is 42.5 Å². The Bertz CT molecular complexity index is 2460. The van der Waals surface area contributed by atoms with Gasteiger partial charge in [-0.2, -0.15) is 0 Å². The molecule has 17 nitrogen and oxygen atoms in total. The van der Waals surface area contributed by atoms with Gasteiger partial charge >= 0.3 is 6.09 Å². The molecule has 3 heterocycles. The Morgan fingerprint density at radius 2 is 1.48 bits per heavy atom. The molecule has 1 fully saturated rings. The van der Waals surface area contributed by atoms with E-state index in [1.165, 1.54) is 30.4 Å². The number of ketones is 2. The van der Waals surface area contributed by atoms with Crippen molar-refractivity contribution in [2.45, 2.75) is 110 Å². The number of rotatable bonds is 17. The Balaban J connectivity index is 1.20. The van der Waals surface area contributed by atoms with Gasteiger partial charge < -0.3 is 35.8 Å². The van der Waals surface area contributed by atoms with E-state index in [9.17, 15) is 38.4 Å². The highest BCUT2D eigenvalue weighted by Gasteiger charge is 2.46. The first-order chi connectivity index (χ1) is 31.6. The zero-order valence-electron chi connectivity index (χ0n) is 38.1. The number of amides is 6. The van der Waals surface area contributed by atoms with Crippen molar-refractivity contribution in [1.29, 1.82) is 0 Å². The lowest BCUT2D eigenvalue weighted by Gasteiger charge is -2.32. The van der Waals surface area contributed by atoms with Gasteiger partial charge in [-0.1, -0.05) is 108 Å². The SMILES string of the molecule is CCCC(NC(=O)[C@@H]1C[C@@H](OC(=O)N2CCc3ccccc3C2)CN1C(=O)[C@H](NC(=O)[C@H](NC(=O)c1cnccn1)C(C)C)C(C)C)C(=O)C(=O)N[C@@H](C)C(=O)c1cccc2ccccc12. The standard InChI is InChI=1S/C49H58N8O9/c1-7-13-37(43(59)47(63)52-30(6)42(58)36-19-12-17-32-15-10-11-18-35(32)36)53-45(61)39-24-34(66-49(65)56-23-20-31-14-8-9-16-33(31)26-56)27-57(39)48(64)41(29(4)5)55-46(62)40(28(2)3)54-44(60)38-25-50-21-22-51-38/h8-12,14-19,21-22,25,28-30,34,37,39-41H,7,13,20,23-24,26-27H2,1-6H3,(H,52,63)(H,53,61)(H,54,60)(H,55,62)/t30-,34+,37?,39-,40+,41+/m0/s1. The third kappa shape index (κ3) is 11.4. The number of Topliss-reactive ketones (excluding diaryl/α,β-unsaturated/α-hetero) is 2.